The maximum absolute atomic E-state index is 13.4. The number of thioether (sulfide) groups is 1. The first-order valence-electron chi connectivity index (χ1n) is 11.3. The van der Waals surface area contributed by atoms with Crippen molar-refractivity contribution in [2.24, 2.45) is 0 Å². The topological polar surface area (TPSA) is 81.3 Å². The van der Waals surface area contributed by atoms with Crippen molar-refractivity contribution in [1.29, 1.82) is 0 Å². The smallest absolute Gasteiger partial charge is 0.263 e. The number of hydrogen-bond donors (Lipinski definition) is 1. The van der Waals surface area contributed by atoms with Crippen LogP contribution in [0.3, 0.4) is 0 Å². The first-order valence-corrected chi connectivity index (χ1v) is 12.3. The fourth-order valence-electron chi connectivity index (χ4n) is 4.12. The molecule has 8 heteroatoms. The zero-order valence-electron chi connectivity index (χ0n) is 19.8. The number of nitrogens with zero attached hydrogens (tertiary/aromatic N) is 4. The molecule has 5 rings (SSSR count). The van der Waals surface area contributed by atoms with Gasteiger partial charge in [-0.25, -0.2) is 0 Å². The van der Waals surface area contributed by atoms with Gasteiger partial charge in [0.25, 0.3) is 5.56 Å². The van der Waals surface area contributed by atoms with Crippen molar-refractivity contribution in [3.05, 3.63) is 99.3 Å². The molecule has 0 aliphatic heterocycles. The third kappa shape index (κ3) is 4.57. The van der Waals surface area contributed by atoms with Crippen LogP contribution in [0.1, 0.15) is 22.3 Å². The lowest BCUT2D eigenvalue weighted by molar-refractivity contribution is -0.113. The minimum absolute atomic E-state index is 0.120. The Morgan fingerprint density at radius 1 is 0.943 bits per heavy atom. The Kier molecular flexibility index (Phi) is 6.13. The maximum Gasteiger partial charge on any atom is 0.263 e. The van der Waals surface area contributed by atoms with Gasteiger partial charge in [-0.2, -0.15) is 0 Å². The Morgan fingerprint density at radius 2 is 1.69 bits per heavy atom. The fraction of sp³-hybridized carbons (Fsp3) is 0.185. The summed E-state index contributed by atoms with van der Waals surface area (Å²) in [6.45, 7) is 6.40. The van der Waals surface area contributed by atoms with E-state index in [4.69, 9.17) is 0 Å². The molecular weight excluding hydrogens is 458 g/mol. The summed E-state index contributed by atoms with van der Waals surface area (Å²) < 4.78 is 3.50. The Bertz CT molecular complexity index is 1620. The van der Waals surface area contributed by atoms with Gasteiger partial charge in [0.2, 0.25) is 11.7 Å². The molecule has 0 saturated heterocycles. The number of fused-ring (bicyclic) bond motifs is 3. The zero-order chi connectivity index (χ0) is 24.5. The highest BCUT2D eigenvalue weighted by Gasteiger charge is 2.18. The van der Waals surface area contributed by atoms with Crippen molar-refractivity contribution in [3.8, 4) is 0 Å². The lowest BCUT2D eigenvalue weighted by Gasteiger charge is -2.12. The van der Waals surface area contributed by atoms with Gasteiger partial charge in [0.15, 0.2) is 5.16 Å². The lowest BCUT2D eigenvalue weighted by atomic mass is 10.1. The van der Waals surface area contributed by atoms with E-state index in [-0.39, 0.29) is 17.2 Å². The molecule has 0 aliphatic carbocycles. The summed E-state index contributed by atoms with van der Waals surface area (Å²) in [5, 5.41) is 12.8. The average molecular weight is 484 g/mol. The zero-order valence-corrected chi connectivity index (χ0v) is 20.6. The van der Waals surface area contributed by atoms with E-state index in [2.05, 4.69) is 15.5 Å². The van der Waals surface area contributed by atoms with Gasteiger partial charge in [0.05, 0.1) is 23.2 Å². The SMILES string of the molecule is Cc1ccc(Cn2c(=O)c3ccccc3n3c(SCC(=O)Nc4ccc(C)cc4C)nnc23)cc1. The molecule has 0 bridgehead atoms. The van der Waals surface area contributed by atoms with Crippen LogP contribution in [0.25, 0.3) is 16.7 Å². The Balaban J connectivity index is 1.48. The molecule has 176 valence electrons. The molecule has 0 unspecified atom stereocenters. The molecule has 2 aromatic heterocycles. The summed E-state index contributed by atoms with van der Waals surface area (Å²) in [6.07, 6.45) is 0. The normalized spacial score (nSPS) is 11.3. The molecule has 1 amide bonds. The molecule has 0 spiro atoms. The van der Waals surface area contributed by atoms with Crippen molar-refractivity contribution >= 4 is 40.0 Å². The van der Waals surface area contributed by atoms with Crippen molar-refractivity contribution in [2.45, 2.75) is 32.5 Å². The molecule has 0 aliphatic rings. The van der Waals surface area contributed by atoms with Gasteiger partial charge in [-0.15, -0.1) is 10.2 Å². The van der Waals surface area contributed by atoms with E-state index in [0.717, 1.165) is 33.5 Å². The predicted octanol–water partition coefficient (Wildman–Crippen LogP) is 4.75. The number of carbonyl (C=O) groups is 1. The summed E-state index contributed by atoms with van der Waals surface area (Å²) in [5.41, 5.74) is 5.71. The number of nitrogens with one attached hydrogen (secondary N) is 1. The van der Waals surface area contributed by atoms with E-state index < -0.39 is 0 Å². The van der Waals surface area contributed by atoms with Crippen molar-refractivity contribution in [3.63, 3.8) is 0 Å². The number of amides is 1. The third-order valence-electron chi connectivity index (χ3n) is 5.93. The van der Waals surface area contributed by atoms with Crippen LogP contribution in [0.5, 0.6) is 0 Å². The number of rotatable bonds is 6. The first-order chi connectivity index (χ1) is 16.9. The average Bonchev–Trinajstić information content (AvgIpc) is 3.27. The minimum Gasteiger partial charge on any atom is -0.325 e. The molecule has 0 radical (unpaired) electrons. The van der Waals surface area contributed by atoms with Gasteiger partial charge in [-0.05, 0) is 50.1 Å². The number of hydrogen-bond acceptors (Lipinski definition) is 5. The monoisotopic (exact) mass is 483 g/mol. The molecule has 0 atom stereocenters. The number of anilines is 1. The number of aromatic nitrogens is 4. The molecule has 1 N–H and O–H groups in total. The quantitative estimate of drug-likeness (QED) is 0.353. The molecule has 35 heavy (non-hydrogen) atoms. The van der Waals surface area contributed by atoms with E-state index in [0.29, 0.717) is 22.9 Å². The summed E-state index contributed by atoms with van der Waals surface area (Å²) in [7, 11) is 0. The van der Waals surface area contributed by atoms with Crippen LogP contribution in [-0.2, 0) is 11.3 Å². The lowest BCUT2D eigenvalue weighted by Crippen LogP contribution is -2.24. The van der Waals surface area contributed by atoms with Gasteiger partial charge in [-0.3, -0.25) is 18.6 Å². The molecule has 5 aromatic rings. The standard InChI is InChI=1S/C27H25N5O2S/c1-17-8-11-20(12-9-17)15-31-25(34)21-6-4-5-7-23(21)32-26(31)29-30-27(32)35-16-24(33)28-22-13-10-18(2)14-19(22)3/h4-14H,15-16H2,1-3H3,(H,28,33). The van der Waals surface area contributed by atoms with Gasteiger partial charge < -0.3 is 5.32 Å². The summed E-state index contributed by atoms with van der Waals surface area (Å²) in [4.78, 5) is 26.0. The van der Waals surface area contributed by atoms with Crippen molar-refractivity contribution < 1.29 is 4.79 Å². The molecule has 0 saturated carbocycles. The van der Waals surface area contributed by atoms with Crippen LogP contribution in [0.4, 0.5) is 5.69 Å². The van der Waals surface area contributed by atoms with Crippen LogP contribution < -0.4 is 10.9 Å². The van der Waals surface area contributed by atoms with Crippen LogP contribution in [0, 0.1) is 20.8 Å². The maximum atomic E-state index is 13.4. The number of aryl methyl sites for hydroxylation is 3. The van der Waals surface area contributed by atoms with Gasteiger partial charge >= 0.3 is 0 Å². The number of benzene rings is 3. The highest BCUT2D eigenvalue weighted by Crippen LogP contribution is 2.23. The summed E-state index contributed by atoms with van der Waals surface area (Å²) in [5.74, 6) is 0.488. The van der Waals surface area contributed by atoms with E-state index in [1.165, 1.54) is 11.8 Å². The van der Waals surface area contributed by atoms with Crippen LogP contribution >= 0.6 is 11.8 Å². The number of para-hydroxylation sites is 1. The molecule has 0 fully saturated rings. The third-order valence-corrected chi connectivity index (χ3v) is 6.86. The van der Waals surface area contributed by atoms with Gasteiger partial charge in [0, 0.05) is 5.69 Å². The second-order valence-corrected chi connectivity index (χ2v) is 9.61. The first kappa shape index (κ1) is 22.9. The van der Waals surface area contributed by atoms with Crippen LogP contribution in [-0.4, -0.2) is 30.8 Å². The largest absolute Gasteiger partial charge is 0.325 e. The predicted molar refractivity (Wildman–Crippen MR) is 140 cm³/mol. The highest BCUT2D eigenvalue weighted by atomic mass is 32.2. The number of carbonyl (C=O) groups excluding carboxylic acids is 1. The minimum atomic E-state index is -0.129. The van der Waals surface area contributed by atoms with Crippen molar-refractivity contribution in [1.82, 2.24) is 19.2 Å². The van der Waals surface area contributed by atoms with Crippen LogP contribution in [0.15, 0.2) is 76.7 Å². The summed E-state index contributed by atoms with van der Waals surface area (Å²) in [6, 6.07) is 21.4. The Morgan fingerprint density at radius 3 is 2.46 bits per heavy atom. The molecule has 2 heterocycles. The fourth-order valence-corrected chi connectivity index (χ4v) is 4.86. The second kappa shape index (κ2) is 9.38. The summed E-state index contributed by atoms with van der Waals surface area (Å²) >= 11 is 1.29. The van der Waals surface area contributed by atoms with Gasteiger partial charge in [0.1, 0.15) is 0 Å². The Hall–Kier alpha value is -3.91. The van der Waals surface area contributed by atoms with E-state index in [1.807, 2.05) is 91.9 Å². The van der Waals surface area contributed by atoms with E-state index in [9.17, 15) is 9.59 Å². The van der Waals surface area contributed by atoms with Crippen LogP contribution in [0.2, 0.25) is 0 Å². The molecule has 7 nitrogen and oxygen atoms in total. The van der Waals surface area contributed by atoms with Gasteiger partial charge in [-0.1, -0.05) is 71.4 Å². The highest BCUT2D eigenvalue weighted by molar-refractivity contribution is 7.99. The molecular formula is C27H25N5O2S. The Labute approximate surface area is 206 Å². The van der Waals surface area contributed by atoms with E-state index in [1.54, 1.807) is 4.57 Å². The van der Waals surface area contributed by atoms with Crippen molar-refractivity contribution in [2.75, 3.05) is 11.1 Å². The second-order valence-electron chi connectivity index (χ2n) is 8.67. The molecule has 3 aromatic carbocycles. The van der Waals surface area contributed by atoms with E-state index >= 15 is 0 Å².